The number of rotatable bonds is 3. The number of benzene rings is 1. The van der Waals surface area contributed by atoms with Crippen LogP contribution in [0.1, 0.15) is 30.1 Å². The summed E-state index contributed by atoms with van der Waals surface area (Å²) in [5.41, 5.74) is 1.56. The Labute approximate surface area is 125 Å². The van der Waals surface area contributed by atoms with E-state index >= 15 is 0 Å². The summed E-state index contributed by atoms with van der Waals surface area (Å²) >= 11 is 0. The van der Waals surface area contributed by atoms with Crippen LogP contribution in [0.4, 0.5) is 5.69 Å². The van der Waals surface area contributed by atoms with Crippen LogP contribution < -0.4 is 5.32 Å². The molecule has 1 aromatic rings. The molecule has 5 heteroatoms. The summed E-state index contributed by atoms with van der Waals surface area (Å²) in [4.78, 5) is 27.0. The van der Waals surface area contributed by atoms with Gasteiger partial charge in [0.2, 0.25) is 5.91 Å². The zero-order chi connectivity index (χ0) is 15.4. The van der Waals surface area contributed by atoms with Gasteiger partial charge in [-0.15, -0.1) is 0 Å². The Kier molecular flexibility index (Phi) is 4.83. The average molecular weight is 289 g/mol. The number of anilines is 1. The Morgan fingerprint density at radius 2 is 1.81 bits per heavy atom. The van der Waals surface area contributed by atoms with E-state index in [1.807, 2.05) is 29.2 Å². The van der Waals surface area contributed by atoms with Gasteiger partial charge in [-0.05, 0) is 25.0 Å². The lowest BCUT2D eigenvalue weighted by Crippen LogP contribution is -2.41. The first kappa shape index (κ1) is 15.4. The van der Waals surface area contributed by atoms with E-state index in [1.54, 1.807) is 25.9 Å². The van der Waals surface area contributed by atoms with Crippen LogP contribution in [0.5, 0.6) is 0 Å². The molecule has 0 radical (unpaired) electrons. The summed E-state index contributed by atoms with van der Waals surface area (Å²) in [5, 5.41) is 3.46. The van der Waals surface area contributed by atoms with Crippen LogP contribution in [-0.4, -0.2) is 54.8 Å². The molecule has 0 saturated carbocycles. The third kappa shape index (κ3) is 3.74. The fourth-order valence-electron chi connectivity index (χ4n) is 2.60. The Morgan fingerprint density at radius 1 is 1.19 bits per heavy atom. The number of para-hydroxylation sites is 1. The monoisotopic (exact) mass is 289 g/mol. The van der Waals surface area contributed by atoms with Crippen LogP contribution in [-0.2, 0) is 4.79 Å². The normalized spacial score (nSPS) is 15.7. The first-order valence-corrected chi connectivity index (χ1v) is 7.31. The van der Waals surface area contributed by atoms with Crippen LogP contribution in [0.2, 0.25) is 0 Å². The minimum absolute atomic E-state index is 0.000674. The first-order valence-electron chi connectivity index (χ1n) is 7.31. The van der Waals surface area contributed by atoms with Crippen LogP contribution in [0, 0.1) is 0 Å². The molecule has 0 unspecified atom stereocenters. The van der Waals surface area contributed by atoms with Crippen molar-refractivity contribution in [1.82, 2.24) is 9.80 Å². The fourth-order valence-corrected chi connectivity index (χ4v) is 2.60. The summed E-state index contributed by atoms with van der Waals surface area (Å²) in [5.74, 6) is 0.135. The number of piperidine rings is 1. The van der Waals surface area contributed by atoms with Gasteiger partial charge in [-0.25, -0.2) is 0 Å². The highest BCUT2D eigenvalue weighted by Gasteiger charge is 2.22. The van der Waals surface area contributed by atoms with Gasteiger partial charge in [0.15, 0.2) is 0 Å². The molecule has 1 N–H and O–H groups in total. The van der Waals surface area contributed by atoms with E-state index in [2.05, 4.69) is 5.32 Å². The minimum atomic E-state index is -0.000674. The van der Waals surface area contributed by atoms with Crippen LogP contribution >= 0.6 is 0 Å². The van der Waals surface area contributed by atoms with E-state index in [0.717, 1.165) is 31.6 Å². The number of likely N-dealkylation sites (tertiary alicyclic amines) is 1. The van der Waals surface area contributed by atoms with E-state index in [-0.39, 0.29) is 11.8 Å². The molecule has 5 nitrogen and oxygen atoms in total. The van der Waals surface area contributed by atoms with Gasteiger partial charge in [-0.1, -0.05) is 12.1 Å². The molecule has 1 heterocycles. The number of amides is 2. The van der Waals surface area contributed by atoms with Gasteiger partial charge in [0.1, 0.15) is 0 Å². The molecule has 1 saturated heterocycles. The highest BCUT2D eigenvalue weighted by molar-refractivity contribution is 5.99. The van der Waals surface area contributed by atoms with Crippen molar-refractivity contribution < 1.29 is 9.59 Å². The van der Waals surface area contributed by atoms with E-state index < -0.39 is 0 Å². The zero-order valence-electron chi connectivity index (χ0n) is 12.9. The van der Waals surface area contributed by atoms with Crippen molar-refractivity contribution in [2.75, 3.05) is 32.5 Å². The summed E-state index contributed by atoms with van der Waals surface area (Å²) in [6.07, 6.45) is 1.81. The second-order valence-electron chi connectivity index (χ2n) is 5.67. The predicted octanol–water partition coefficient (Wildman–Crippen LogP) is 1.81. The zero-order valence-corrected chi connectivity index (χ0v) is 12.9. The molecular weight excluding hydrogens is 266 g/mol. The third-order valence-electron chi connectivity index (χ3n) is 3.86. The maximum absolute atomic E-state index is 12.2. The molecule has 1 aromatic carbocycles. The van der Waals surface area contributed by atoms with Crippen molar-refractivity contribution in [2.45, 2.75) is 25.8 Å². The van der Waals surface area contributed by atoms with E-state index in [9.17, 15) is 9.59 Å². The lowest BCUT2D eigenvalue weighted by molar-refractivity contribution is -0.129. The Morgan fingerprint density at radius 3 is 2.38 bits per heavy atom. The molecule has 0 aliphatic carbocycles. The van der Waals surface area contributed by atoms with E-state index in [1.165, 1.54) is 0 Å². The molecule has 1 fully saturated rings. The molecule has 0 aromatic heterocycles. The van der Waals surface area contributed by atoms with Crippen LogP contribution in [0.25, 0.3) is 0 Å². The molecule has 0 bridgehead atoms. The van der Waals surface area contributed by atoms with Crippen molar-refractivity contribution in [2.24, 2.45) is 0 Å². The summed E-state index contributed by atoms with van der Waals surface area (Å²) in [6.45, 7) is 3.16. The number of nitrogens with zero attached hydrogens (tertiary/aromatic N) is 2. The Hall–Kier alpha value is -2.04. The van der Waals surface area contributed by atoms with Crippen molar-refractivity contribution in [3.8, 4) is 0 Å². The molecule has 0 spiro atoms. The summed E-state index contributed by atoms with van der Waals surface area (Å²) in [7, 11) is 3.51. The molecule has 2 amide bonds. The molecule has 21 heavy (non-hydrogen) atoms. The van der Waals surface area contributed by atoms with E-state index in [4.69, 9.17) is 0 Å². The van der Waals surface area contributed by atoms with Crippen molar-refractivity contribution in [1.29, 1.82) is 0 Å². The number of carbonyl (C=O) groups excluding carboxylic acids is 2. The number of nitrogens with one attached hydrogen (secondary N) is 1. The van der Waals surface area contributed by atoms with Gasteiger partial charge in [0.05, 0.1) is 5.56 Å². The van der Waals surface area contributed by atoms with Gasteiger partial charge < -0.3 is 15.1 Å². The van der Waals surface area contributed by atoms with Gasteiger partial charge in [-0.2, -0.15) is 0 Å². The lowest BCUT2D eigenvalue weighted by atomic mass is 10.0. The fraction of sp³-hybridized carbons (Fsp3) is 0.500. The number of carbonyl (C=O) groups is 2. The third-order valence-corrected chi connectivity index (χ3v) is 3.86. The number of hydrogen-bond acceptors (Lipinski definition) is 3. The maximum Gasteiger partial charge on any atom is 0.255 e. The first-order chi connectivity index (χ1) is 9.99. The predicted molar refractivity (Wildman–Crippen MR) is 83.4 cm³/mol. The van der Waals surface area contributed by atoms with Crippen molar-refractivity contribution >= 4 is 17.5 Å². The standard InChI is InChI=1S/C16H23N3O2/c1-12(20)19-10-8-13(9-11-19)17-15-7-5-4-6-14(15)16(21)18(2)3/h4-7,13,17H,8-11H2,1-3H3. The van der Waals surface area contributed by atoms with Crippen molar-refractivity contribution in [3.63, 3.8) is 0 Å². The quantitative estimate of drug-likeness (QED) is 0.923. The SMILES string of the molecule is CC(=O)N1CCC(Nc2ccccc2C(=O)N(C)C)CC1. The molecule has 1 aliphatic rings. The highest BCUT2D eigenvalue weighted by atomic mass is 16.2. The van der Waals surface area contributed by atoms with Gasteiger partial charge in [0, 0.05) is 45.8 Å². The Balaban J connectivity index is 2.04. The molecule has 2 rings (SSSR count). The maximum atomic E-state index is 12.2. The van der Waals surface area contributed by atoms with Gasteiger partial charge >= 0.3 is 0 Å². The second-order valence-corrected chi connectivity index (χ2v) is 5.67. The minimum Gasteiger partial charge on any atom is -0.382 e. The van der Waals surface area contributed by atoms with Gasteiger partial charge in [-0.3, -0.25) is 9.59 Å². The second kappa shape index (κ2) is 6.61. The highest BCUT2D eigenvalue weighted by Crippen LogP contribution is 2.21. The lowest BCUT2D eigenvalue weighted by Gasteiger charge is -2.32. The molecule has 1 aliphatic heterocycles. The topological polar surface area (TPSA) is 52.7 Å². The average Bonchev–Trinajstić information content (AvgIpc) is 2.47. The molecular formula is C16H23N3O2. The number of hydrogen-bond donors (Lipinski definition) is 1. The Bertz CT molecular complexity index is 520. The van der Waals surface area contributed by atoms with Crippen LogP contribution in [0.3, 0.4) is 0 Å². The smallest absolute Gasteiger partial charge is 0.255 e. The van der Waals surface area contributed by atoms with Crippen LogP contribution in [0.15, 0.2) is 24.3 Å². The molecule has 114 valence electrons. The molecule has 0 atom stereocenters. The van der Waals surface area contributed by atoms with Crippen molar-refractivity contribution in [3.05, 3.63) is 29.8 Å². The van der Waals surface area contributed by atoms with E-state index in [0.29, 0.717) is 11.6 Å². The van der Waals surface area contributed by atoms with Gasteiger partial charge in [0.25, 0.3) is 5.91 Å². The summed E-state index contributed by atoms with van der Waals surface area (Å²) < 4.78 is 0. The summed E-state index contributed by atoms with van der Waals surface area (Å²) in [6, 6.07) is 7.89. The largest absolute Gasteiger partial charge is 0.382 e.